The van der Waals surface area contributed by atoms with Gasteiger partial charge in [-0.2, -0.15) is 0 Å². The van der Waals surface area contributed by atoms with Crippen LogP contribution < -0.4 is 4.57 Å². The van der Waals surface area contributed by atoms with Crippen LogP contribution in [0.15, 0.2) is 47.1 Å². The molecule has 6 heteroatoms. The van der Waals surface area contributed by atoms with Crippen LogP contribution in [0.25, 0.3) is 22.6 Å². The quantitative estimate of drug-likeness (QED) is 0.400. The Morgan fingerprint density at radius 1 is 1.26 bits per heavy atom. The fraction of sp³-hybridized carbons (Fsp3) is 0.0769. The van der Waals surface area contributed by atoms with Crippen LogP contribution in [-0.2, 0) is 7.05 Å². The summed E-state index contributed by atoms with van der Waals surface area (Å²) >= 11 is 0. The molecule has 6 nitrogen and oxygen atoms in total. The zero-order valence-corrected chi connectivity index (χ0v) is 10.1. The van der Waals surface area contributed by atoms with Crippen molar-refractivity contribution < 1.29 is 13.9 Å². The van der Waals surface area contributed by atoms with Crippen LogP contribution in [-0.4, -0.2) is 9.91 Å². The maximum absolute atomic E-state index is 10.7. The zero-order chi connectivity index (χ0) is 13.4. The SMILES string of the molecule is C[n+]1ccc(-c2nc3cc([N+](=O)[O-])ccc3o2)cc1. The first-order valence-corrected chi connectivity index (χ1v) is 5.64. The summed E-state index contributed by atoms with van der Waals surface area (Å²) in [6, 6.07) is 8.12. The van der Waals surface area contributed by atoms with E-state index in [-0.39, 0.29) is 5.69 Å². The highest BCUT2D eigenvalue weighted by Gasteiger charge is 2.13. The Balaban J connectivity index is 2.11. The number of hydrogen-bond donors (Lipinski definition) is 0. The standard InChI is InChI=1S/C13H10N3O3/c1-15-6-4-9(5-7-15)13-14-11-8-10(16(17)18)2-3-12(11)19-13/h2-8H,1H3/q+1. The summed E-state index contributed by atoms with van der Waals surface area (Å²) < 4.78 is 7.49. The molecule has 0 radical (unpaired) electrons. The summed E-state index contributed by atoms with van der Waals surface area (Å²) in [5.41, 5.74) is 1.86. The average Bonchev–Trinajstić information content (AvgIpc) is 2.82. The Morgan fingerprint density at radius 2 is 2.00 bits per heavy atom. The van der Waals surface area contributed by atoms with Crippen LogP contribution in [0.2, 0.25) is 0 Å². The first kappa shape index (κ1) is 11.3. The smallest absolute Gasteiger partial charge is 0.271 e. The maximum Gasteiger partial charge on any atom is 0.271 e. The Hall–Kier alpha value is -2.76. The fourth-order valence-electron chi connectivity index (χ4n) is 1.80. The Kier molecular flexibility index (Phi) is 2.49. The van der Waals surface area contributed by atoms with Gasteiger partial charge in [0.25, 0.3) is 5.69 Å². The molecule has 2 heterocycles. The largest absolute Gasteiger partial charge is 0.436 e. The number of pyridine rings is 1. The van der Waals surface area contributed by atoms with Gasteiger partial charge in [0.1, 0.15) is 12.6 Å². The molecule has 0 N–H and O–H groups in total. The first-order valence-electron chi connectivity index (χ1n) is 5.64. The highest BCUT2D eigenvalue weighted by atomic mass is 16.6. The lowest BCUT2D eigenvalue weighted by Crippen LogP contribution is -2.25. The number of aryl methyl sites for hydroxylation is 1. The third-order valence-corrected chi connectivity index (χ3v) is 2.81. The van der Waals surface area contributed by atoms with Crippen molar-refractivity contribution in [3.8, 4) is 11.5 Å². The predicted molar refractivity (Wildman–Crippen MR) is 67.3 cm³/mol. The number of benzene rings is 1. The second-order valence-corrected chi connectivity index (χ2v) is 4.18. The number of non-ortho nitro benzene ring substituents is 1. The Bertz CT molecular complexity index is 762. The number of nitro groups is 1. The molecule has 0 aliphatic rings. The number of nitro benzene ring substituents is 1. The summed E-state index contributed by atoms with van der Waals surface area (Å²) in [5, 5.41) is 10.7. The molecule has 0 saturated heterocycles. The van der Waals surface area contributed by atoms with Gasteiger partial charge >= 0.3 is 0 Å². The van der Waals surface area contributed by atoms with E-state index < -0.39 is 4.92 Å². The van der Waals surface area contributed by atoms with Gasteiger partial charge in [-0.25, -0.2) is 9.55 Å². The van der Waals surface area contributed by atoms with E-state index in [0.717, 1.165) is 5.56 Å². The summed E-state index contributed by atoms with van der Waals surface area (Å²) in [6.45, 7) is 0. The fourth-order valence-corrected chi connectivity index (χ4v) is 1.80. The van der Waals surface area contributed by atoms with E-state index in [1.54, 1.807) is 6.07 Å². The lowest BCUT2D eigenvalue weighted by atomic mass is 10.3. The van der Waals surface area contributed by atoms with Crippen LogP contribution in [0, 0.1) is 10.1 Å². The predicted octanol–water partition coefficient (Wildman–Crippen LogP) is 2.23. The molecule has 0 atom stereocenters. The third-order valence-electron chi connectivity index (χ3n) is 2.81. The van der Waals surface area contributed by atoms with Crippen molar-refractivity contribution in [1.82, 2.24) is 4.98 Å². The van der Waals surface area contributed by atoms with Crippen LogP contribution in [0.1, 0.15) is 0 Å². The van der Waals surface area contributed by atoms with Gasteiger partial charge in [-0.05, 0) is 6.07 Å². The molecule has 0 fully saturated rings. The van der Waals surface area contributed by atoms with E-state index in [1.165, 1.54) is 12.1 Å². The van der Waals surface area contributed by atoms with E-state index in [2.05, 4.69) is 4.98 Å². The minimum Gasteiger partial charge on any atom is -0.436 e. The molecule has 0 aliphatic heterocycles. The molecule has 19 heavy (non-hydrogen) atoms. The number of aromatic nitrogens is 2. The van der Waals surface area contributed by atoms with Gasteiger partial charge in [-0.1, -0.05) is 0 Å². The van der Waals surface area contributed by atoms with Gasteiger partial charge in [0.05, 0.1) is 4.92 Å². The summed E-state index contributed by atoms with van der Waals surface area (Å²) in [5.74, 6) is 0.455. The first-order chi connectivity index (χ1) is 9.13. The molecule has 0 unspecified atom stereocenters. The van der Waals surface area contributed by atoms with Gasteiger partial charge in [-0.15, -0.1) is 0 Å². The van der Waals surface area contributed by atoms with Gasteiger partial charge in [0.15, 0.2) is 18.0 Å². The molecular formula is C13H10N3O3+. The molecule has 0 spiro atoms. The van der Waals surface area contributed by atoms with Gasteiger partial charge in [-0.3, -0.25) is 10.1 Å². The van der Waals surface area contributed by atoms with Crippen molar-refractivity contribution >= 4 is 16.8 Å². The van der Waals surface area contributed by atoms with E-state index in [4.69, 9.17) is 4.42 Å². The lowest BCUT2D eigenvalue weighted by Gasteiger charge is -1.91. The van der Waals surface area contributed by atoms with Crippen molar-refractivity contribution in [1.29, 1.82) is 0 Å². The van der Waals surface area contributed by atoms with Crippen LogP contribution in [0.4, 0.5) is 5.69 Å². The van der Waals surface area contributed by atoms with Crippen molar-refractivity contribution in [2.75, 3.05) is 0 Å². The van der Waals surface area contributed by atoms with E-state index in [0.29, 0.717) is 17.0 Å². The number of oxazole rings is 1. The number of fused-ring (bicyclic) bond motifs is 1. The van der Waals surface area contributed by atoms with Crippen LogP contribution in [0.5, 0.6) is 0 Å². The van der Waals surface area contributed by atoms with Gasteiger partial charge in [0.2, 0.25) is 5.89 Å². The number of hydrogen-bond acceptors (Lipinski definition) is 4. The molecule has 3 rings (SSSR count). The minimum absolute atomic E-state index is 0.00631. The summed E-state index contributed by atoms with van der Waals surface area (Å²) in [4.78, 5) is 14.5. The summed E-state index contributed by atoms with van der Waals surface area (Å²) in [7, 11) is 1.92. The molecule has 94 valence electrons. The monoisotopic (exact) mass is 256 g/mol. The molecule has 0 amide bonds. The van der Waals surface area contributed by atoms with Crippen LogP contribution in [0.3, 0.4) is 0 Å². The second kappa shape index (κ2) is 4.16. The minimum atomic E-state index is -0.448. The number of nitrogens with zero attached hydrogens (tertiary/aromatic N) is 3. The summed E-state index contributed by atoms with van der Waals surface area (Å²) in [6.07, 6.45) is 3.76. The molecule has 0 aliphatic carbocycles. The Labute approximate surface area is 108 Å². The second-order valence-electron chi connectivity index (χ2n) is 4.18. The molecule has 1 aromatic carbocycles. The third kappa shape index (κ3) is 2.03. The topological polar surface area (TPSA) is 73.0 Å². The number of rotatable bonds is 2. The lowest BCUT2D eigenvalue weighted by molar-refractivity contribution is -0.671. The van der Waals surface area contributed by atoms with E-state index in [9.17, 15) is 10.1 Å². The molecule has 0 bridgehead atoms. The average molecular weight is 256 g/mol. The maximum atomic E-state index is 10.7. The Morgan fingerprint density at radius 3 is 2.68 bits per heavy atom. The van der Waals surface area contributed by atoms with E-state index in [1.807, 2.05) is 36.1 Å². The highest BCUT2D eigenvalue weighted by Crippen LogP contribution is 2.26. The van der Waals surface area contributed by atoms with Crippen molar-refractivity contribution in [2.24, 2.45) is 7.05 Å². The van der Waals surface area contributed by atoms with Gasteiger partial charge in [0, 0.05) is 29.8 Å². The molecule has 3 aromatic rings. The zero-order valence-electron chi connectivity index (χ0n) is 10.1. The highest BCUT2D eigenvalue weighted by molar-refractivity contribution is 5.78. The molecule has 0 saturated carbocycles. The van der Waals surface area contributed by atoms with Crippen LogP contribution >= 0.6 is 0 Å². The van der Waals surface area contributed by atoms with E-state index >= 15 is 0 Å². The van der Waals surface area contributed by atoms with Crippen molar-refractivity contribution in [2.45, 2.75) is 0 Å². The molecular weight excluding hydrogens is 246 g/mol. The van der Waals surface area contributed by atoms with Crippen molar-refractivity contribution in [3.05, 3.63) is 52.8 Å². The van der Waals surface area contributed by atoms with Gasteiger partial charge < -0.3 is 4.42 Å². The van der Waals surface area contributed by atoms with Crippen molar-refractivity contribution in [3.63, 3.8) is 0 Å². The molecule has 2 aromatic heterocycles. The normalized spacial score (nSPS) is 10.8.